The van der Waals surface area contributed by atoms with Gasteiger partial charge < -0.3 is 5.11 Å². The van der Waals surface area contributed by atoms with E-state index in [2.05, 4.69) is 10.3 Å². The van der Waals surface area contributed by atoms with E-state index in [0.29, 0.717) is 4.88 Å². The van der Waals surface area contributed by atoms with Crippen molar-refractivity contribution in [1.82, 2.24) is 5.48 Å². The first-order chi connectivity index (χ1) is 8.16. The van der Waals surface area contributed by atoms with Gasteiger partial charge in [-0.3, -0.25) is 9.63 Å². The third kappa shape index (κ3) is 3.04. The molecule has 6 heteroatoms. The van der Waals surface area contributed by atoms with Gasteiger partial charge in [-0.1, -0.05) is 0 Å². The second-order valence-electron chi connectivity index (χ2n) is 3.88. The van der Waals surface area contributed by atoms with Gasteiger partial charge in [0.1, 0.15) is 0 Å². The van der Waals surface area contributed by atoms with Crippen molar-refractivity contribution in [2.24, 2.45) is 0 Å². The molecule has 0 atom stereocenters. The highest BCUT2D eigenvalue weighted by Crippen LogP contribution is 2.29. The van der Waals surface area contributed by atoms with E-state index in [1.807, 2.05) is 6.07 Å². The SMILES string of the molecule is O=C(O)CONC(=O)c1cc2c(s1)CCCC2. The molecule has 2 N–H and O–H groups in total. The van der Waals surface area contributed by atoms with Gasteiger partial charge in [0, 0.05) is 4.88 Å². The van der Waals surface area contributed by atoms with Gasteiger partial charge in [0.15, 0.2) is 6.61 Å². The molecular weight excluding hydrogens is 242 g/mol. The largest absolute Gasteiger partial charge is 0.479 e. The summed E-state index contributed by atoms with van der Waals surface area (Å²) in [5, 5.41) is 8.36. The smallest absolute Gasteiger partial charge is 0.332 e. The molecule has 0 radical (unpaired) electrons. The van der Waals surface area contributed by atoms with Crippen molar-refractivity contribution in [2.45, 2.75) is 25.7 Å². The first-order valence-electron chi connectivity index (χ1n) is 5.42. The summed E-state index contributed by atoms with van der Waals surface area (Å²) in [6, 6.07) is 1.87. The Bertz CT molecular complexity index is 417. The van der Waals surface area contributed by atoms with E-state index in [4.69, 9.17) is 5.11 Å². The summed E-state index contributed by atoms with van der Waals surface area (Å²) < 4.78 is 0. The van der Waals surface area contributed by atoms with Crippen LogP contribution in [0.15, 0.2) is 6.07 Å². The lowest BCUT2D eigenvalue weighted by molar-refractivity contribution is -0.144. The van der Waals surface area contributed by atoms with Crippen molar-refractivity contribution in [3.63, 3.8) is 0 Å². The number of nitrogens with one attached hydrogen (secondary N) is 1. The van der Waals surface area contributed by atoms with Crippen LogP contribution in [0, 0.1) is 0 Å². The van der Waals surface area contributed by atoms with Crippen LogP contribution < -0.4 is 5.48 Å². The number of rotatable bonds is 4. The number of hydrogen-bond donors (Lipinski definition) is 2. The molecule has 92 valence electrons. The first-order valence-corrected chi connectivity index (χ1v) is 6.24. The molecule has 1 amide bonds. The van der Waals surface area contributed by atoms with E-state index in [9.17, 15) is 9.59 Å². The number of fused-ring (bicyclic) bond motifs is 1. The lowest BCUT2D eigenvalue weighted by atomic mass is 9.99. The molecule has 1 aliphatic carbocycles. The summed E-state index contributed by atoms with van der Waals surface area (Å²) in [4.78, 5) is 28.2. The van der Waals surface area contributed by atoms with E-state index in [0.717, 1.165) is 12.8 Å². The monoisotopic (exact) mass is 255 g/mol. The number of aliphatic carboxylic acids is 1. The molecule has 0 unspecified atom stereocenters. The lowest BCUT2D eigenvalue weighted by Gasteiger charge is -2.08. The molecule has 5 nitrogen and oxygen atoms in total. The van der Waals surface area contributed by atoms with Gasteiger partial charge in [-0.25, -0.2) is 10.3 Å². The molecule has 0 saturated carbocycles. The van der Waals surface area contributed by atoms with Gasteiger partial charge in [0.05, 0.1) is 4.88 Å². The maximum absolute atomic E-state index is 11.6. The molecule has 0 saturated heterocycles. The van der Waals surface area contributed by atoms with Crippen LogP contribution in [0.1, 0.15) is 33.0 Å². The molecule has 0 fully saturated rings. The molecule has 1 heterocycles. The minimum atomic E-state index is -1.12. The second kappa shape index (κ2) is 5.29. The van der Waals surface area contributed by atoms with Crippen molar-refractivity contribution >= 4 is 23.2 Å². The Balaban J connectivity index is 1.95. The fraction of sp³-hybridized carbons (Fsp3) is 0.455. The van der Waals surface area contributed by atoms with Gasteiger partial charge in [0.2, 0.25) is 0 Å². The second-order valence-corrected chi connectivity index (χ2v) is 5.02. The summed E-state index contributed by atoms with van der Waals surface area (Å²) in [5.41, 5.74) is 3.37. The highest BCUT2D eigenvalue weighted by molar-refractivity contribution is 7.14. The number of aryl methyl sites for hydroxylation is 2. The Morgan fingerprint density at radius 2 is 2.18 bits per heavy atom. The average molecular weight is 255 g/mol. The zero-order chi connectivity index (χ0) is 12.3. The highest BCUT2D eigenvalue weighted by atomic mass is 32.1. The maximum atomic E-state index is 11.6. The lowest BCUT2D eigenvalue weighted by Crippen LogP contribution is -2.25. The normalized spacial score (nSPS) is 14.1. The molecule has 1 aromatic heterocycles. The number of carboxylic acids is 1. The minimum absolute atomic E-state index is 0.370. The fourth-order valence-electron chi connectivity index (χ4n) is 1.82. The number of thiophene rings is 1. The Labute approximate surface area is 102 Å². The zero-order valence-corrected chi connectivity index (χ0v) is 10.0. The van der Waals surface area contributed by atoms with Gasteiger partial charge in [-0.05, 0) is 37.3 Å². The van der Waals surface area contributed by atoms with Crippen molar-refractivity contribution in [1.29, 1.82) is 0 Å². The Hall–Kier alpha value is -1.40. The van der Waals surface area contributed by atoms with Crippen LogP contribution in [0.25, 0.3) is 0 Å². The van der Waals surface area contributed by atoms with Gasteiger partial charge in [-0.15, -0.1) is 11.3 Å². The van der Waals surface area contributed by atoms with Crippen LogP contribution >= 0.6 is 11.3 Å². The van der Waals surface area contributed by atoms with E-state index < -0.39 is 12.6 Å². The molecule has 0 spiro atoms. The number of carbonyl (C=O) groups is 2. The van der Waals surface area contributed by atoms with Crippen molar-refractivity contribution in [3.05, 3.63) is 21.4 Å². The van der Waals surface area contributed by atoms with Crippen LogP contribution in [0.5, 0.6) is 0 Å². The molecule has 0 bridgehead atoms. The van der Waals surface area contributed by atoms with Crippen LogP contribution in [-0.2, 0) is 22.5 Å². The third-order valence-electron chi connectivity index (χ3n) is 2.58. The average Bonchev–Trinajstić information content (AvgIpc) is 2.71. The predicted octanol–water partition coefficient (Wildman–Crippen LogP) is 1.37. The van der Waals surface area contributed by atoms with Gasteiger partial charge in [-0.2, -0.15) is 0 Å². The van der Waals surface area contributed by atoms with E-state index in [1.54, 1.807) is 0 Å². The Morgan fingerprint density at radius 3 is 2.88 bits per heavy atom. The van der Waals surface area contributed by atoms with Crippen LogP contribution in [0.3, 0.4) is 0 Å². The minimum Gasteiger partial charge on any atom is -0.479 e. The molecule has 17 heavy (non-hydrogen) atoms. The number of hydroxylamine groups is 1. The van der Waals surface area contributed by atoms with Crippen LogP contribution in [-0.4, -0.2) is 23.6 Å². The Kier molecular flexibility index (Phi) is 3.75. The molecule has 1 aromatic rings. The molecule has 2 rings (SSSR count). The summed E-state index contributed by atoms with van der Waals surface area (Å²) in [5.74, 6) is -1.48. The highest BCUT2D eigenvalue weighted by Gasteiger charge is 2.17. The van der Waals surface area contributed by atoms with Crippen molar-refractivity contribution in [3.8, 4) is 0 Å². The molecule has 0 aliphatic heterocycles. The summed E-state index contributed by atoms with van der Waals surface area (Å²) in [7, 11) is 0. The van der Waals surface area contributed by atoms with Crippen LogP contribution in [0.4, 0.5) is 0 Å². The number of amides is 1. The predicted molar refractivity (Wildman–Crippen MR) is 62.0 cm³/mol. The van der Waals surface area contributed by atoms with Crippen molar-refractivity contribution < 1.29 is 19.5 Å². The van der Waals surface area contributed by atoms with E-state index in [-0.39, 0.29) is 5.91 Å². The first kappa shape index (κ1) is 12.1. The molecule has 1 aliphatic rings. The number of hydrogen-bond acceptors (Lipinski definition) is 4. The quantitative estimate of drug-likeness (QED) is 0.797. The molecule has 0 aromatic carbocycles. The van der Waals surface area contributed by atoms with Crippen molar-refractivity contribution in [2.75, 3.05) is 6.61 Å². The standard InChI is InChI=1S/C11H13NO4S/c13-10(14)6-16-12-11(15)9-5-7-3-1-2-4-8(7)17-9/h5H,1-4,6H2,(H,12,15)(H,13,14). The van der Waals surface area contributed by atoms with Gasteiger partial charge in [0.25, 0.3) is 5.91 Å². The topological polar surface area (TPSA) is 75.6 Å². The number of carboxylic acid groups (broad SMARTS) is 1. The maximum Gasteiger partial charge on any atom is 0.332 e. The third-order valence-corrected chi connectivity index (χ3v) is 3.82. The van der Waals surface area contributed by atoms with E-state index >= 15 is 0 Å². The summed E-state index contributed by atoms with van der Waals surface area (Å²) in [6.07, 6.45) is 4.39. The van der Waals surface area contributed by atoms with Gasteiger partial charge >= 0.3 is 5.97 Å². The zero-order valence-electron chi connectivity index (χ0n) is 9.19. The Morgan fingerprint density at radius 1 is 1.41 bits per heavy atom. The molecular formula is C11H13NO4S. The fourth-order valence-corrected chi connectivity index (χ4v) is 2.96. The number of carbonyl (C=O) groups excluding carboxylic acids is 1. The summed E-state index contributed by atoms with van der Waals surface area (Å²) in [6.45, 7) is -0.531. The van der Waals surface area contributed by atoms with Crippen LogP contribution in [0.2, 0.25) is 0 Å². The summed E-state index contributed by atoms with van der Waals surface area (Å²) >= 11 is 1.46. The van der Waals surface area contributed by atoms with E-state index in [1.165, 1.54) is 34.6 Å².